The van der Waals surface area contributed by atoms with Crippen molar-refractivity contribution in [3.05, 3.63) is 20.8 Å². The molecular weight excluding hydrogens is 286 g/mol. The number of carbonyl (C=O) groups is 1. The van der Waals surface area contributed by atoms with E-state index in [2.05, 4.69) is 35.8 Å². The zero-order chi connectivity index (χ0) is 11.7. The van der Waals surface area contributed by atoms with Gasteiger partial charge in [0.15, 0.2) is 0 Å². The number of carbonyl (C=O) groups excluding carboxylic acids is 1. The summed E-state index contributed by atoms with van der Waals surface area (Å²) in [5, 5.41) is 0. The number of thiophene rings is 1. The Morgan fingerprint density at radius 1 is 1.56 bits per heavy atom. The Morgan fingerprint density at radius 2 is 2.31 bits per heavy atom. The van der Waals surface area contributed by atoms with E-state index >= 15 is 0 Å². The third-order valence-electron chi connectivity index (χ3n) is 3.16. The Labute approximate surface area is 109 Å². The number of hydrogen-bond donors (Lipinski definition) is 0. The maximum Gasteiger partial charge on any atom is 0.223 e. The first-order valence-corrected chi connectivity index (χ1v) is 7.19. The highest BCUT2D eigenvalue weighted by Gasteiger charge is 2.31. The minimum absolute atomic E-state index is 0.309. The molecule has 2 nitrogen and oxygen atoms in total. The van der Waals surface area contributed by atoms with E-state index in [1.165, 1.54) is 4.88 Å². The summed E-state index contributed by atoms with van der Waals surface area (Å²) in [5.74, 6) is 1.45. The molecule has 1 amide bonds. The molecule has 88 valence electrons. The van der Waals surface area contributed by atoms with E-state index in [1.807, 2.05) is 11.0 Å². The lowest BCUT2D eigenvalue weighted by atomic mass is 9.95. The topological polar surface area (TPSA) is 20.3 Å². The molecule has 0 saturated carbocycles. The molecule has 0 bridgehead atoms. The molecular formula is C12H16BrNOS. The van der Waals surface area contributed by atoms with E-state index in [0.29, 0.717) is 17.7 Å². The first kappa shape index (κ1) is 12.1. The van der Waals surface area contributed by atoms with Crippen molar-refractivity contribution in [2.75, 3.05) is 6.54 Å². The van der Waals surface area contributed by atoms with E-state index < -0.39 is 0 Å². The zero-order valence-corrected chi connectivity index (χ0v) is 12.0. The summed E-state index contributed by atoms with van der Waals surface area (Å²) in [5.41, 5.74) is 0. The molecule has 1 aromatic heterocycles. The van der Waals surface area contributed by atoms with Crippen LogP contribution in [0.1, 0.15) is 25.1 Å². The Balaban J connectivity index is 1.98. The van der Waals surface area contributed by atoms with Crippen molar-refractivity contribution < 1.29 is 4.79 Å². The molecule has 1 saturated heterocycles. The number of nitrogens with zero attached hydrogens (tertiary/aromatic N) is 1. The molecule has 1 aliphatic heterocycles. The van der Waals surface area contributed by atoms with Crippen LogP contribution in [0.2, 0.25) is 0 Å². The lowest BCUT2D eigenvalue weighted by molar-refractivity contribution is -0.128. The van der Waals surface area contributed by atoms with Gasteiger partial charge in [0, 0.05) is 17.8 Å². The van der Waals surface area contributed by atoms with Gasteiger partial charge in [-0.3, -0.25) is 4.79 Å². The molecule has 1 aliphatic rings. The second kappa shape index (κ2) is 4.88. The number of hydrogen-bond acceptors (Lipinski definition) is 2. The van der Waals surface area contributed by atoms with Gasteiger partial charge < -0.3 is 4.90 Å². The van der Waals surface area contributed by atoms with Crippen LogP contribution in [0.15, 0.2) is 15.9 Å². The van der Waals surface area contributed by atoms with Crippen LogP contribution in [-0.4, -0.2) is 17.4 Å². The Kier molecular flexibility index (Phi) is 3.70. The standard InChI is InChI=1S/C12H16BrNOS/c1-8(2)9-5-12(15)14(6-9)7-10-3-4-11(13)16-10/h3-4,8-9H,5-7H2,1-2H3. The maximum atomic E-state index is 11.8. The van der Waals surface area contributed by atoms with Crippen molar-refractivity contribution in [3.63, 3.8) is 0 Å². The van der Waals surface area contributed by atoms with Crippen molar-refractivity contribution in [1.29, 1.82) is 0 Å². The third-order valence-corrected chi connectivity index (χ3v) is 4.77. The van der Waals surface area contributed by atoms with Crippen LogP contribution in [-0.2, 0) is 11.3 Å². The van der Waals surface area contributed by atoms with E-state index in [4.69, 9.17) is 0 Å². The van der Waals surface area contributed by atoms with E-state index in [0.717, 1.165) is 23.3 Å². The molecule has 0 N–H and O–H groups in total. The van der Waals surface area contributed by atoms with Crippen molar-refractivity contribution >= 4 is 33.2 Å². The molecule has 0 radical (unpaired) electrons. The van der Waals surface area contributed by atoms with Gasteiger partial charge in [-0.15, -0.1) is 11.3 Å². The first-order chi connectivity index (χ1) is 7.56. The summed E-state index contributed by atoms with van der Waals surface area (Å²) in [6.45, 7) is 6.09. The predicted molar refractivity (Wildman–Crippen MR) is 70.4 cm³/mol. The minimum atomic E-state index is 0.309. The summed E-state index contributed by atoms with van der Waals surface area (Å²) in [4.78, 5) is 15.1. The van der Waals surface area contributed by atoms with Crippen molar-refractivity contribution in [1.82, 2.24) is 4.90 Å². The summed E-state index contributed by atoms with van der Waals surface area (Å²) < 4.78 is 1.13. The Hall–Kier alpha value is -0.350. The van der Waals surface area contributed by atoms with Gasteiger partial charge in [0.2, 0.25) is 5.91 Å². The largest absolute Gasteiger partial charge is 0.337 e. The molecule has 0 spiro atoms. The summed E-state index contributed by atoms with van der Waals surface area (Å²) in [6, 6.07) is 4.13. The van der Waals surface area contributed by atoms with E-state index in [1.54, 1.807) is 11.3 Å². The minimum Gasteiger partial charge on any atom is -0.337 e. The first-order valence-electron chi connectivity index (χ1n) is 5.58. The predicted octanol–water partition coefficient (Wildman–Crippen LogP) is 3.52. The second-order valence-corrected chi connectivity index (χ2v) is 7.24. The van der Waals surface area contributed by atoms with Crippen molar-refractivity contribution in [2.24, 2.45) is 11.8 Å². The number of likely N-dealkylation sites (tertiary alicyclic amines) is 1. The van der Waals surface area contributed by atoms with Gasteiger partial charge in [0.1, 0.15) is 0 Å². The fourth-order valence-corrected chi connectivity index (χ4v) is 3.53. The third kappa shape index (κ3) is 2.66. The summed E-state index contributed by atoms with van der Waals surface area (Å²) in [6.07, 6.45) is 0.726. The Morgan fingerprint density at radius 3 is 2.81 bits per heavy atom. The molecule has 1 unspecified atom stereocenters. The van der Waals surface area contributed by atoms with Gasteiger partial charge in [-0.25, -0.2) is 0 Å². The summed E-state index contributed by atoms with van der Waals surface area (Å²) in [7, 11) is 0. The lowest BCUT2D eigenvalue weighted by Gasteiger charge is -2.17. The van der Waals surface area contributed by atoms with Crippen molar-refractivity contribution in [3.8, 4) is 0 Å². The Bertz CT molecular complexity index is 388. The van der Waals surface area contributed by atoms with E-state index in [-0.39, 0.29) is 0 Å². The van der Waals surface area contributed by atoms with Gasteiger partial charge in [0.05, 0.1) is 10.3 Å². The number of rotatable bonds is 3. The molecule has 2 heterocycles. The average Bonchev–Trinajstić information content (AvgIpc) is 2.75. The normalized spacial score (nSPS) is 21.1. The van der Waals surface area contributed by atoms with Crippen LogP contribution < -0.4 is 0 Å². The smallest absolute Gasteiger partial charge is 0.223 e. The summed E-state index contributed by atoms with van der Waals surface area (Å²) >= 11 is 5.16. The molecule has 1 aromatic rings. The monoisotopic (exact) mass is 301 g/mol. The van der Waals surface area contributed by atoms with Crippen LogP contribution >= 0.6 is 27.3 Å². The molecule has 1 fully saturated rings. The average molecular weight is 302 g/mol. The SMILES string of the molecule is CC(C)C1CC(=O)N(Cc2ccc(Br)s2)C1. The number of amides is 1. The molecule has 1 atom stereocenters. The highest BCUT2D eigenvalue weighted by atomic mass is 79.9. The lowest BCUT2D eigenvalue weighted by Crippen LogP contribution is -2.24. The second-order valence-electron chi connectivity index (χ2n) is 4.69. The number of halogens is 1. The molecule has 2 rings (SSSR count). The van der Waals surface area contributed by atoms with Crippen LogP contribution in [0.3, 0.4) is 0 Å². The fraction of sp³-hybridized carbons (Fsp3) is 0.583. The maximum absolute atomic E-state index is 11.8. The van der Waals surface area contributed by atoms with Crippen LogP contribution in [0.5, 0.6) is 0 Å². The van der Waals surface area contributed by atoms with E-state index in [9.17, 15) is 4.79 Å². The molecule has 0 aliphatic carbocycles. The zero-order valence-electron chi connectivity index (χ0n) is 9.57. The van der Waals surface area contributed by atoms with Gasteiger partial charge in [0.25, 0.3) is 0 Å². The van der Waals surface area contributed by atoms with Gasteiger partial charge in [-0.1, -0.05) is 13.8 Å². The molecule has 16 heavy (non-hydrogen) atoms. The highest BCUT2D eigenvalue weighted by molar-refractivity contribution is 9.11. The fourth-order valence-electron chi connectivity index (χ4n) is 2.03. The van der Waals surface area contributed by atoms with Crippen LogP contribution in [0.25, 0.3) is 0 Å². The van der Waals surface area contributed by atoms with Gasteiger partial charge in [-0.2, -0.15) is 0 Å². The van der Waals surface area contributed by atoms with Crippen LogP contribution in [0, 0.1) is 11.8 Å². The van der Waals surface area contributed by atoms with Gasteiger partial charge >= 0.3 is 0 Å². The van der Waals surface area contributed by atoms with Gasteiger partial charge in [-0.05, 0) is 39.9 Å². The quantitative estimate of drug-likeness (QED) is 0.836. The molecule has 4 heteroatoms. The highest BCUT2D eigenvalue weighted by Crippen LogP contribution is 2.28. The van der Waals surface area contributed by atoms with Crippen molar-refractivity contribution in [2.45, 2.75) is 26.8 Å². The molecule has 0 aromatic carbocycles. The van der Waals surface area contributed by atoms with Crippen LogP contribution in [0.4, 0.5) is 0 Å².